The molecule has 1 amide bonds. The molecule has 0 aliphatic heterocycles. The zero-order chi connectivity index (χ0) is 11.1. The molecule has 15 heavy (non-hydrogen) atoms. The van der Waals surface area contributed by atoms with Crippen LogP contribution in [0.25, 0.3) is 0 Å². The Labute approximate surface area is 87.9 Å². The normalized spacial score (nSPS) is 9.60. The maximum absolute atomic E-state index is 11.0. The van der Waals surface area contributed by atoms with E-state index in [2.05, 4.69) is 5.32 Å². The highest BCUT2D eigenvalue weighted by Gasteiger charge is 2.05. The van der Waals surface area contributed by atoms with Crippen molar-refractivity contribution in [1.29, 1.82) is 0 Å². The summed E-state index contributed by atoms with van der Waals surface area (Å²) >= 11 is 0. The summed E-state index contributed by atoms with van der Waals surface area (Å²) in [6.45, 7) is 0.468. The van der Waals surface area contributed by atoms with E-state index in [0.717, 1.165) is 5.56 Å². The number of carboxylic acid groups (broad SMARTS) is 1. The summed E-state index contributed by atoms with van der Waals surface area (Å²) in [5.41, 5.74) is 1.12. The molecular formula is C11H13NO3. The number of amides is 1. The van der Waals surface area contributed by atoms with E-state index < -0.39 is 18.3 Å². The van der Waals surface area contributed by atoms with Crippen LogP contribution in [-0.4, -0.2) is 23.5 Å². The first-order valence-electron chi connectivity index (χ1n) is 4.71. The molecule has 0 unspecified atom stereocenters. The van der Waals surface area contributed by atoms with Crippen LogP contribution in [0.4, 0.5) is 0 Å². The minimum absolute atomic E-state index is 0.446. The van der Waals surface area contributed by atoms with E-state index in [4.69, 9.17) is 5.11 Å². The fourth-order valence-electron chi connectivity index (χ4n) is 1.19. The van der Waals surface area contributed by atoms with E-state index in [1.807, 2.05) is 30.3 Å². The van der Waals surface area contributed by atoms with Crippen LogP contribution < -0.4 is 5.32 Å². The maximum Gasteiger partial charge on any atom is 0.312 e. The number of carboxylic acids is 1. The summed E-state index contributed by atoms with van der Waals surface area (Å²) in [5.74, 6) is -1.55. The molecule has 0 fully saturated rings. The van der Waals surface area contributed by atoms with Gasteiger partial charge in [-0.15, -0.1) is 0 Å². The fraction of sp³-hybridized carbons (Fsp3) is 0.273. The lowest BCUT2D eigenvalue weighted by Gasteiger charge is -2.03. The molecule has 0 saturated heterocycles. The maximum atomic E-state index is 11.0. The molecule has 0 atom stereocenters. The van der Waals surface area contributed by atoms with Gasteiger partial charge in [0.05, 0.1) is 0 Å². The minimum Gasteiger partial charge on any atom is -0.481 e. The predicted molar refractivity (Wildman–Crippen MR) is 55.4 cm³/mol. The summed E-state index contributed by atoms with van der Waals surface area (Å²) in [7, 11) is 0. The monoisotopic (exact) mass is 207 g/mol. The second-order valence-corrected chi connectivity index (χ2v) is 3.16. The molecule has 0 heterocycles. The summed E-state index contributed by atoms with van der Waals surface area (Å²) in [4.78, 5) is 21.1. The Kier molecular flexibility index (Phi) is 4.34. The molecule has 4 nitrogen and oxygen atoms in total. The average Bonchev–Trinajstić information content (AvgIpc) is 2.18. The number of carbonyl (C=O) groups excluding carboxylic acids is 1. The molecule has 1 aromatic rings. The Morgan fingerprint density at radius 1 is 1.20 bits per heavy atom. The van der Waals surface area contributed by atoms with E-state index in [1.54, 1.807) is 0 Å². The Morgan fingerprint density at radius 2 is 1.87 bits per heavy atom. The number of hydrogen-bond donors (Lipinski definition) is 2. The van der Waals surface area contributed by atoms with Gasteiger partial charge in [0.15, 0.2) is 0 Å². The lowest BCUT2D eigenvalue weighted by molar-refractivity contribution is -0.140. The number of aliphatic carboxylic acids is 1. The number of nitrogens with one attached hydrogen (secondary N) is 1. The molecule has 0 aliphatic carbocycles. The van der Waals surface area contributed by atoms with Gasteiger partial charge in [-0.3, -0.25) is 9.59 Å². The Balaban J connectivity index is 2.22. The highest BCUT2D eigenvalue weighted by atomic mass is 16.4. The Hall–Kier alpha value is -1.84. The van der Waals surface area contributed by atoms with Crippen LogP contribution in [0.15, 0.2) is 30.3 Å². The Bertz CT molecular complexity index is 335. The smallest absolute Gasteiger partial charge is 0.312 e. The molecule has 2 N–H and O–H groups in total. The summed E-state index contributed by atoms with van der Waals surface area (Å²) in [6, 6.07) is 9.70. The van der Waals surface area contributed by atoms with Crippen molar-refractivity contribution in [1.82, 2.24) is 5.32 Å². The molecule has 0 radical (unpaired) electrons. The second kappa shape index (κ2) is 5.80. The van der Waals surface area contributed by atoms with Gasteiger partial charge >= 0.3 is 5.97 Å². The van der Waals surface area contributed by atoms with Crippen LogP contribution in [0.5, 0.6) is 0 Å². The van der Waals surface area contributed by atoms with Gasteiger partial charge < -0.3 is 10.4 Å². The Morgan fingerprint density at radius 3 is 2.47 bits per heavy atom. The number of hydrogen-bond acceptors (Lipinski definition) is 2. The summed E-state index contributed by atoms with van der Waals surface area (Å²) < 4.78 is 0. The van der Waals surface area contributed by atoms with Gasteiger partial charge in [-0.2, -0.15) is 0 Å². The third kappa shape index (κ3) is 4.81. The standard InChI is InChI=1S/C11H13NO3/c13-10(8-11(14)15)12-7-6-9-4-2-1-3-5-9/h1-5H,6-8H2,(H,12,13)(H,14,15). The van der Waals surface area contributed by atoms with E-state index >= 15 is 0 Å². The summed E-state index contributed by atoms with van der Waals surface area (Å²) in [6.07, 6.45) is 0.251. The van der Waals surface area contributed by atoms with E-state index in [1.165, 1.54) is 0 Å². The van der Waals surface area contributed by atoms with Gasteiger partial charge in [-0.05, 0) is 12.0 Å². The molecule has 80 valence electrons. The highest BCUT2D eigenvalue weighted by Crippen LogP contribution is 1.98. The molecule has 1 rings (SSSR count). The molecule has 0 saturated carbocycles. The number of rotatable bonds is 5. The zero-order valence-electron chi connectivity index (χ0n) is 8.27. The molecule has 1 aromatic carbocycles. The van der Waals surface area contributed by atoms with Gasteiger partial charge in [0, 0.05) is 6.54 Å². The van der Waals surface area contributed by atoms with Crippen molar-refractivity contribution in [3.63, 3.8) is 0 Å². The average molecular weight is 207 g/mol. The first-order valence-corrected chi connectivity index (χ1v) is 4.71. The van der Waals surface area contributed by atoms with Gasteiger partial charge in [0.25, 0.3) is 0 Å². The minimum atomic E-state index is -1.10. The topological polar surface area (TPSA) is 66.4 Å². The lowest BCUT2D eigenvalue weighted by Crippen LogP contribution is -2.27. The molecule has 0 aliphatic rings. The van der Waals surface area contributed by atoms with Crippen molar-refractivity contribution >= 4 is 11.9 Å². The number of benzene rings is 1. The van der Waals surface area contributed by atoms with E-state index in [0.29, 0.717) is 13.0 Å². The summed E-state index contributed by atoms with van der Waals surface area (Å²) in [5, 5.41) is 10.9. The third-order valence-corrected chi connectivity index (χ3v) is 1.89. The molecule has 0 spiro atoms. The molecule has 0 bridgehead atoms. The van der Waals surface area contributed by atoms with Crippen LogP contribution in [0.2, 0.25) is 0 Å². The first kappa shape index (κ1) is 11.2. The van der Waals surface area contributed by atoms with Crippen LogP contribution in [0, 0.1) is 0 Å². The zero-order valence-corrected chi connectivity index (χ0v) is 8.27. The van der Waals surface area contributed by atoms with Gasteiger partial charge in [0.2, 0.25) is 5.91 Å². The SMILES string of the molecule is O=C(O)CC(=O)NCCc1ccccc1. The van der Waals surface area contributed by atoms with Crippen molar-refractivity contribution in [2.75, 3.05) is 6.54 Å². The van der Waals surface area contributed by atoms with Crippen molar-refractivity contribution < 1.29 is 14.7 Å². The first-order chi connectivity index (χ1) is 7.18. The van der Waals surface area contributed by atoms with Crippen molar-refractivity contribution in [3.05, 3.63) is 35.9 Å². The van der Waals surface area contributed by atoms with Gasteiger partial charge in [-0.25, -0.2) is 0 Å². The third-order valence-electron chi connectivity index (χ3n) is 1.89. The fourth-order valence-corrected chi connectivity index (χ4v) is 1.19. The molecular weight excluding hydrogens is 194 g/mol. The van der Waals surface area contributed by atoms with Crippen LogP contribution in [-0.2, 0) is 16.0 Å². The predicted octanol–water partition coefficient (Wildman–Crippen LogP) is 0.820. The van der Waals surface area contributed by atoms with Crippen LogP contribution in [0.1, 0.15) is 12.0 Å². The van der Waals surface area contributed by atoms with Gasteiger partial charge in [0.1, 0.15) is 6.42 Å². The van der Waals surface area contributed by atoms with Gasteiger partial charge in [-0.1, -0.05) is 30.3 Å². The lowest BCUT2D eigenvalue weighted by atomic mass is 10.1. The van der Waals surface area contributed by atoms with Crippen LogP contribution in [0.3, 0.4) is 0 Å². The highest BCUT2D eigenvalue weighted by molar-refractivity contribution is 5.93. The van der Waals surface area contributed by atoms with E-state index in [9.17, 15) is 9.59 Å². The largest absolute Gasteiger partial charge is 0.481 e. The van der Waals surface area contributed by atoms with Crippen molar-refractivity contribution in [2.45, 2.75) is 12.8 Å². The molecule has 4 heteroatoms. The number of carbonyl (C=O) groups is 2. The second-order valence-electron chi connectivity index (χ2n) is 3.16. The quantitative estimate of drug-likeness (QED) is 0.702. The van der Waals surface area contributed by atoms with Crippen molar-refractivity contribution in [2.24, 2.45) is 0 Å². The van der Waals surface area contributed by atoms with E-state index in [-0.39, 0.29) is 0 Å². The molecule has 0 aromatic heterocycles. The van der Waals surface area contributed by atoms with Crippen LogP contribution >= 0.6 is 0 Å². The van der Waals surface area contributed by atoms with Crippen molar-refractivity contribution in [3.8, 4) is 0 Å².